The summed E-state index contributed by atoms with van der Waals surface area (Å²) in [5.74, 6) is -0.0268. The molecule has 1 N–H and O–H groups in total. The smallest absolute Gasteiger partial charge is 0.251 e. The van der Waals surface area contributed by atoms with Crippen molar-refractivity contribution in [3.63, 3.8) is 0 Å². The van der Waals surface area contributed by atoms with E-state index < -0.39 is 0 Å². The van der Waals surface area contributed by atoms with Crippen LogP contribution in [0.5, 0.6) is 0 Å². The first kappa shape index (κ1) is 15.2. The summed E-state index contributed by atoms with van der Waals surface area (Å²) in [6.07, 6.45) is 1.88. The van der Waals surface area contributed by atoms with Gasteiger partial charge in [0.25, 0.3) is 5.91 Å². The molecule has 0 unspecified atom stereocenters. The van der Waals surface area contributed by atoms with Gasteiger partial charge in [0, 0.05) is 29.8 Å². The maximum atomic E-state index is 11.8. The summed E-state index contributed by atoms with van der Waals surface area (Å²) in [5, 5.41) is 2.89. The summed E-state index contributed by atoms with van der Waals surface area (Å²) < 4.78 is 6.37. The number of carbonyl (C=O) groups is 1. The van der Waals surface area contributed by atoms with Crippen molar-refractivity contribution in [2.24, 2.45) is 0 Å². The Morgan fingerprint density at radius 3 is 2.83 bits per heavy atom. The molecule has 0 aromatic heterocycles. The second kappa shape index (κ2) is 8.27. The number of carbonyl (C=O) groups excluding carboxylic acids is 1. The second-order valence-corrected chi connectivity index (χ2v) is 5.04. The molecule has 1 amide bonds. The van der Waals surface area contributed by atoms with Crippen molar-refractivity contribution >= 4 is 21.8 Å². The van der Waals surface area contributed by atoms with Gasteiger partial charge in [-0.25, -0.2) is 0 Å². The molecule has 0 saturated heterocycles. The van der Waals surface area contributed by atoms with E-state index in [-0.39, 0.29) is 5.91 Å². The van der Waals surface area contributed by atoms with Crippen LogP contribution in [0.1, 0.15) is 35.7 Å². The maximum absolute atomic E-state index is 11.8. The third-order valence-corrected chi connectivity index (χ3v) is 3.41. The molecule has 0 heterocycles. The molecule has 18 heavy (non-hydrogen) atoms. The van der Waals surface area contributed by atoms with Gasteiger partial charge in [0.05, 0.1) is 0 Å². The van der Waals surface area contributed by atoms with Crippen molar-refractivity contribution in [3.8, 4) is 0 Å². The van der Waals surface area contributed by atoms with Crippen molar-refractivity contribution in [2.75, 3.05) is 19.8 Å². The fraction of sp³-hybridized carbons (Fsp3) is 0.500. The molecule has 0 atom stereocenters. The Kier molecular flexibility index (Phi) is 6.98. The molecule has 4 heteroatoms. The lowest BCUT2D eigenvalue weighted by Crippen LogP contribution is -2.25. The van der Waals surface area contributed by atoms with Gasteiger partial charge in [-0.2, -0.15) is 0 Å². The molecule has 3 nitrogen and oxygen atoms in total. The van der Waals surface area contributed by atoms with Gasteiger partial charge in [-0.05, 0) is 43.5 Å². The summed E-state index contributed by atoms with van der Waals surface area (Å²) in [6, 6.07) is 5.60. The SMILES string of the molecule is CCCOCCCNC(=O)c1ccc(Br)c(C)c1. The van der Waals surface area contributed by atoms with E-state index in [0.717, 1.165) is 29.5 Å². The molecule has 1 aromatic rings. The molecule has 0 saturated carbocycles. The summed E-state index contributed by atoms with van der Waals surface area (Å²) >= 11 is 3.42. The topological polar surface area (TPSA) is 38.3 Å². The molecule has 100 valence electrons. The number of rotatable bonds is 7. The lowest BCUT2D eigenvalue weighted by atomic mass is 10.1. The quantitative estimate of drug-likeness (QED) is 0.784. The zero-order valence-electron chi connectivity index (χ0n) is 11.0. The number of benzene rings is 1. The third kappa shape index (κ3) is 5.19. The number of hydrogen-bond donors (Lipinski definition) is 1. The van der Waals surface area contributed by atoms with E-state index in [1.807, 2.05) is 25.1 Å². The molecule has 0 fully saturated rings. The minimum Gasteiger partial charge on any atom is -0.381 e. The Morgan fingerprint density at radius 2 is 2.17 bits per heavy atom. The molecule has 0 aliphatic carbocycles. The Morgan fingerprint density at radius 1 is 1.39 bits per heavy atom. The van der Waals surface area contributed by atoms with E-state index in [9.17, 15) is 4.79 Å². The Balaban J connectivity index is 2.30. The Bertz CT molecular complexity index is 393. The van der Waals surface area contributed by atoms with Crippen molar-refractivity contribution in [2.45, 2.75) is 26.7 Å². The molecular formula is C14H20BrNO2. The van der Waals surface area contributed by atoms with Gasteiger partial charge >= 0.3 is 0 Å². The fourth-order valence-corrected chi connectivity index (χ4v) is 1.76. The molecule has 0 bridgehead atoms. The number of nitrogens with one attached hydrogen (secondary N) is 1. The lowest BCUT2D eigenvalue weighted by molar-refractivity contribution is 0.0941. The zero-order valence-corrected chi connectivity index (χ0v) is 12.5. The van der Waals surface area contributed by atoms with Crippen LogP contribution in [-0.4, -0.2) is 25.7 Å². The summed E-state index contributed by atoms with van der Waals surface area (Å²) in [6.45, 7) is 6.20. The normalized spacial score (nSPS) is 10.4. The second-order valence-electron chi connectivity index (χ2n) is 4.19. The van der Waals surface area contributed by atoms with Gasteiger partial charge in [0.1, 0.15) is 0 Å². The van der Waals surface area contributed by atoms with Crippen LogP contribution in [0.2, 0.25) is 0 Å². The number of hydrogen-bond acceptors (Lipinski definition) is 2. The molecular weight excluding hydrogens is 294 g/mol. The number of halogens is 1. The summed E-state index contributed by atoms with van der Waals surface area (Å²) in [4.78, 5) is 11.8. The summed E-state index contributed by atoms with van der Waals surface area (Å²) in [7, 11) is 0. The van der Waals surface area contributed by atoms with Crippen LogP contribution in [0.25, 0.3) is 0 Å². The van der Waals surface area contributed by atoms with Crippen molar-refractivity contribution in [1.82, 2.24) is 5.32 Å². The monoisotopic (exact) mass is 313 g/mol. The van der Waals surface area contributed by atoms with Gasteiger partial charge in [-0.15, -0.1) is 0 Å². The average Bonchev–Trinajstić information content (AvgIpc) is 2.36. The first-order valence-electron chi connectivity index (χ1n) is 6.27. The van der Waals surface area contributed by atoms with Gasteiger partial charge < -0.3 is 10.1 Å². The van der Waals surface area contributed by atoms with Crippen LogP contribution in [0, 0.1) is 6.92 Å². The molecule has 1 rings (SSSR count). The van der Waals surface area contributed by atoms with Gasteiger partial charge in [-0.3, -0.25) is 4.79 Å². The highest BCUT2D eigenvalue weighted by Crippen LogP contribution is 2.16. The molecule has 0 aliphatic rings. The number of amides is 1. The first-order valence-corrected chi connectivity index (χ1v) is 7.06. The fourth-order valence-electron chi connectivity index (χ4n) is 1.51. The predicted molar refractivity (Wildman–Crippen MR) is 76.9 cm³/mol. The number of aryl methyl sites for hydroxylation is 1. The van der Waals surface area contributed by atoms with Crippen LogP contribution >= 0.6 is 15.9 Å². The highest BCUT2D eigenvalue weighted by molar-refractivity contribution is 9.10. The molecule has 0 radical (unpaired) electrons. The van der Waals surface area contributed by atoms with Gasteiger partial charge in [-0.1, -0.05) is 22.9 Å². The Hall–Kier alpha value is -0.870. The zero-order chi connectivity index (χ0) is 13.4. The van der Waals surface area contributed by atoms with Gasteiger partial charge in [0.2, 0.25) is 0 Å². The molecule has 0 aliphatic heterocycles. The van der Waals surface area contributed by atoms with Crippen LogP contribution in [0.15, 0.2) is 22.7 Å². The minimum atomic E-state index is -0.0268. The van der Waals surface area contributed by atoms with Crippen molar-refractivity contribution < 1.29 is 9.53 Å². The predicted octanol–water partition coefficient (Wildman–Crippen LogP) is 3.30. The largest absolute Gasteiger partial charge is 0.381 e. The van der Waals surface area contributed by atoms with E-state index in [0.29, 0.717) is 18.7 Å². The van der Waals surface area contributed by atoms with Gasteiger partial charge in [0.15, 0.2) is 0 Å². The van der Waals surface area contributed by atoms with E-state index >= 15 is 0 Å². The minimum absolute atomic E-state index is 0.0268. The standard InChI is InChI=1S/C14H20BrNO2/c1-3-8-18-9-4-7-16-14(17)12-5-6-13(15)11(2)10-12/h5-6,10H,3-4,7-9H2,1-2H3,(H,16,17). The van der Waals surface area contributed by atoms with Crippen LogP contribution in [-0.2, 0) is 4.74 Å². The van der Waals surface area contributed by atoms with E-state index in [2.05, 4.69) is 28.2 Å². The molecule has 1 aromatic carbocycles. The third-order valence-electron chi connectivity index (χ3n) is 2.52. The maximum Gasteiger partial charge on any atom is 0.251 e. The highest BCUT2D eigenvalue weighted by atomic mass is 79.9. The molecule has 0 spiro atoms. The van der Waals surface area contributed by atoms with Crippen LogP contribution < -0.4 is 5.32 Å². The number of ether oxygens (including phenoxy) is 1. The van der Waals surface area contributed by atoms with E-state index in [1.165, 1.54) is 0 Å². The highest BCUT2D eigenvalue weighted by Gasteiger charge is 2.05. The Labute approximate surface area is 117 Å². The van der Waals surface area contributed by atoms with E-state index in [4.69, 9.17) is 4.74 Å². The van der Waals surface area contributed by atoms with Crippen molar-refractivity contribution in [1.29, 1.82) is 0 Å². The van der Waals surface area contributed by atoms with Crippen molar-refractivity contribution in [3.05, 3.63) is 33.8 Å². The van der Waals surface area contributed by atoms with Crippen LogP contribution in [0.4, 0.5) is 0 Å². The first-order chi connectivity index (χ1) is 8.65. The lowest BCUT2D eigenvalue weighted by Gasteiger charge is -2.07. The average molecular weight is 314 g/mol. The summed E-state index contributed by atoms with van der Waals surface area (Å²) in [5.41, 5.74) is 1.76. The van der Waals surface area contributed by atoms with Crippen LogP contribution in [0.3, 0.4) is 0 Å². The van der Waals surface area contributed by atoms with E-state index in [1.54, 1.807) is 0 Å².